The zero-order valence-corrected chi connectivity index (χ0v) is 16.4. The molecule has 0 saturated heterocycles. The highest BCUT2D eigenvalue weighted by atomic mass is 79.9. The first-order valence-corrected chi connectivity index (χ1v) is 10.2. The minimum Gasteiger partial charge on any atom is -0.349 e. The summed E-state index contributed by atoms with van der Waals surface area (Å²) in [6.45, 7) is 1.61. The van der Waals surface area contributed by atoms with Gasteiger partial charge in [0.2, 0.25) is 4.63 Å². The van der Waals surface area contributed by atoms with Gasteiger partial charge in [-0.15, -0.1) is 0 Å². The summed E-state index contributed by atoms with van der Waals surface area (Å²) in [6, 6.07) is 15.4. The molecule has 0 aliphatic heterocycles. The molecule has 1 N–H and O–H groups in total. The highest BCUT2D eigenvalue weighted by Crippen LogP contribution is 2.23. The molecule has 1 atom stereocenters. The number of nitrogens with one attached hydrogen (secondary N) is 1. The summed E-state index contributed by atoms with van der Waals surface area (Å²) in [6.07, 6.45) is 0.328. The molecule has 0 aliphatic carbocycles. The van der Waals surface area contributed by atoms with Crippen LogP contribution in [0.3, 0.4) is 0 Å². The Balaban J connectivity index is 2.14. The topological polar surface area (TPSA) is 72.5 Å². The maximum Gasteiger partial charge on any atom is 0.254 e. The van der Waals surface area contributed by atoms with Crippen molar-refractivity contribution in [2.45, 2.75) is 22.9 Å². The van der Waals surface area contributed by atoms with E-state index in [1.165, 1.54) is 7.11 Å². The number of rotatable bonds is 7. The second-order valence-electron chi connectivity index (χ2n) is 5.48. The van der Waals surface area contributed by atoms with Gasteiger partial charge in [-0.05, 0) is 45.8 Å². The molecule has 0 saturated carbocycles. The first kappa shape index (κ1) is 19.6. The number of halogens is 1. The Morgan fingerprint density at radius 2 is 1.72 bits per heavy atom. The van der Waals surface area contributed by atoms with Crippen molar-refractivity contribution in [3.63, 3.8) is 0 Å². The molecule has 0 aromatic heterocycles. The van der Waals surface area contributed by atoms with Gasteiger partial charge in [-0.1, -0.05) is 37.3 Å². The fourth-order valence-corrected chi connectivity index (χ4v) is 3.63. The van der Waals surface area contributed by atoms with Crippen LogP contribution in [0.1, 0.15) is 22.8 Å². The molecular formula is C18H20BrNO4S. The zero-order chi connectivity index (χ0) is 18.5. The Bertz CT molecular complexity index is 822. The van der Waals surface area contributed by atoms with E-state index in [1.807, 2.05) is 6.07 Å². The number of ether oxygens (including phenoxy) is 1. The molecule has 0 radical (unpaired) electrons. The van der Waals surface area contributed by atoms with E-state index in [0.29, 0.717) is 12.0 Å². The van der Waals surface area contributed by atoms with Crippen LogP contribution in [-0.4, -0.2) is 31.8 Å². The Labute approximate surface area is 156 Å². The zero-order valence-electron chi connectivity index (χ0n) is 14.0. The van der Waals surface area contributed by atoms with Gasteiger partial charge in [-0.3, -0.25) is 4.79 Å². The Hall–Kier alpha value is -1.70. The van der Waals surface area contributed by atoms with Crippen molar-refractivity contribution in [2.24, 2.45) is 0 Å². The van der Waals surface area contributed by atoms with Gasteiger partial charge >= 0.3 is 0 Å². The fourth-order valence-electron chi connectivity index (χ4n) is 2.24. The average molecular weight is 426 g/mol. The van der Waals surface area contributed by atoms with E-state index >= 15 is 0 Å². The third kappa shape index (κ3) is 5.14. The molecule has 0 heterocycles. The van der Waals surface area contributed by atoms with Crippen molar-refractivity contribution in [3.8, 4) is 0 Å². The summed E-state index contributed by atoms with van der Waals surface area (Å²) in [5.41, 5.74) is 1.34. The van der Waals surface area contributed by atoms with Crippen LogP contribution in [0.4, 0.5) is 0 Å². The third-order valence-electron chi connectivity index (χ3n) is 3.75. The van der Waals surface area contributed by atoms with Crippen LogP contribution in [0.25, 0.3) is 0 Å². The maximum absolute atomic E-state index is 12.3. The quantitative estimate of drug-likeness (QED) is 0.420. The fraction of sp³-hybridized carbons (Fsp3) is 0.278. The summed E-state index contributed by atoms with van der Waals surface area (Å²) in [5.74, 6) is -0.218. The third-order valence-corrected chi connectivity index (χ3v) is 6.31. The standard InChI is InChI=1S/C18H20BrNO4S/c1-3-25(22,23)16-11-9-14(10-12-16)13-18(19,24-2)20-17(21)15-7-5-4-6-8-15/h4-12H,3,13H2,1-2H3,(H,20,21). The van der Waals surface area contributed by atoms with Crippen molar-refractivity contribution in [2.75, 3.05) is 12.9 Å². The lowest BCUT2D eigenvalue weighted by Crippen LogP contribution is -2.46. The van der Waals surface area contributed by atoms with Crippen LogP contribution in [0.15, 0.2) is 59.5 Å². The molecule has 1 amide bonds. The van der Waals surface area contributed by atoms with E-state index in [2.05, 4.69) is 21.2 Å². The summed E-state index contributed by atoms with van der Waals surface area (Å²) < 4.78 is 28.1. The SMILES string of the molecule is CCS(=O)(=O)c1ccc(CC(Br)(NC(=O)c2ccccc2)OC)cc1. The molecule has 1 unspecified atom stereocenters. The van der Waals surface area contributed by atoms with Crippen LogP contribution < -0.4 is 5.32 Å². The van der Waals surface area contributed by atoms with E-state index < -0.39 is 14.5 Å². The minimum absolute atomic E-state index is 0.0555. The first-order chi connectivity index (χ1) is 11.8. The predicted octanol–water partition coefficient (Wildman–Crippen LogP) is 3.15. The highest BCUT2D eigenvalue weighted by Gasteiger charge is 2.29. The Kier molecular flexibility index (Phi) is 6.37. The Morgan fingerprint density at radius 1 is 1.12 bits per heavy atom. The monoisotopic (exact) mass is 425 g/mol. The molecule has 2 aromatic carbocycles. The highest BCUT2D eigenvalue weighted by molar-refractivity contribution is 9.10. The van der Waals surface area contributed by atoms with E-state index in [1.54, 1.807) is 55.5 Å². The van der Waals surface area contributed by atoms with Crippen molar-refractivity contribution < 1.29 is 17.9 Å². The van der Waals surface area contributed by atoms with Crippen molar-refractivity contribution in [1.29, 1.82) is 0 Å². The van der Waals surface area contributed by atoms with Gasteiger partial charge in [-0.2, -0.15) is 0 Å². The van der Waals surface area contributed by atoms with Crippen molar-refractivity contribution >= 4 is 31.7 Å². The lowest BCUT2D eigenvalue weighted by Gasteiger charge is -2.27. The molecule has 2 rings (SSSR count). The van der Waals surface area contributed by atoms with Crippen LogP contribution >= 0.6 is 15.9 Å². The van der Waals surface area contributed by atoms with Gasteiger partial charge in [0.25, 0.3) is 5.91 Å². The van der Waals surface area contributed by atoms with Gasteiger partial charge in [-0.25, -0.2) is 8.42 Å². The number of carbonyl (C=O) groups is 1. The van der Waals surface area contributed by atoms with Crippen LogP contribution in [-0.2, 0) is 21.0 Å². The van der Waals surface area contributed by atoms with E-state index in [0.717, 1.165) is 5.56 Å². The number of sulfone groups is 1. The predicted molar refractivity (Wildman–Crippen MR) is 100 cm³/mol. The molecule has 0 aliphatic rings. The molecule has 5 nitrogen and oxygen atoms in total. The summed E-state index contributed by atoms with van der Waals surface area (Å²) >= 11 is 3.42. The van der Waals surface area contributed by atoms with Gasteiger partial charge in [0.1, 0.15) is 0 Å². The number of hydrogen-bond acceptors (Lipinski definition) is 4. The lowest BCUT2D eigenvalue weighted by molar-refractivity contribution is 0.0418. The number of alkyl halides is 1. The van der Waals surface area contributed by atoms with Crippen LogP contribution in [0.5, 0.6) is 0 Å². The average Bonchev–Trinajstić information content (AvgIpc) is 2.62. The largest absolute Gasteiger partial charge is 0.349 e. The van der Waals surface area contributed by atoms with Crippen molar-refractivity contribution in [1.82, 2.24) is 5.32 Å². The van der Waals surface area contributed by atoms with E-state index in [-0.39, 0.29) is 16.6 Å². The van der Waals surface area contributed by atoms with Gasteiger partial charge in [0.15, 0.2) is 9.84 Å². The molecule has 25 heavy (non-hydrogen) atoms. The van der Waals surface area contributed by atoms with Gasteiger partial charge < -0.3 is 10.1 Å². The summed E-state index contributed by atoms with van der Waals surface area (Å²) in [7, 11) is -1.75. The molecule has 7 heteroatoms. The molecule has 134 valence electrons. The van der Waals surface area contributed by atoms with Crippen molar-refractivity contribution in [3.05, 3.63) is 65.7 Å². The van der Waals surface area contributed by atoms with Gasteiger partial charge in [0, 0.05) is 19.1 Å². The number of carbonyl (C=O) groups excluding carboxylic acids is 1. The van der Waals surface area contributed by atoms with E-state index in [9.17, 15) is 13.2 Å². The molecule has 0 fully saturated rings. The number of amides is 1. The maximum atomic E-state index is 12.3. The molecule has 0 spiro atoms. The minimum atomic E-state index is -3.23. The normalized spacial score (nSPS) is 13.9. The number of hydrogen-bond donors (Lipinski definition) is 1. The first-order valence-electron chi connectivity index (χ1n) is 7.73. The molecular weight excluding hydrogens is 406 g/mol. The summed E-state index contributed by atoms with van der Waals surface area (Å²) in [5, 5.41) is 2.80. The molecule has 2 aromatic rings. The second-order valence-corrected chi connectivity index (χ2v) is 9.04. The smallest absolute Gasteiger partial charge is 0.254 e. The van der Waals surface area contributed by atoms with E-state index in [4.69, 9.17) is 4.74 Å². The van der Waals surface area contributed by atoms with Crippen LogP contribution in [0.2, 0.25) is 0 Å². The van der Waals surface area contributed by atoms with Gasteiger partial charge in [0.05, 0.1) is 10.6 Å². The second kappa shape index (κ2) is 8.12. The Morgan fingerprint density at radius 3 is 2.24 bits per heavy atom. The van der Waals surface area contributed by atoms with Crippen LogP contribution in [0, 0.1) is 0 Å². The molecule has 0 bridgehead atoms. The summed E-state index contributed by atoms with van der Waals surface area (Å²) in [4.78, 5) is 12.6. The number of methoxy groups -OCH3 is 1. The number of benzene rings is 2. The lowest BCUT2D eigenvalue weighted by atomic mass is 10.1.